The lowest BCUT2D eigenvalue weighted by Gasteiger charge is -2.25. The fraction of sp³-hybridized carbons (Fsp3) is 0.385. The van der Waals surface area contributed by atoms with E-state index in [1.165, 1.54) is 6.92 Å². The smallest absolute Gasteiger partial charge is 0.417 e. The molecule has 1 aromatic carbocycles. The van der Waals surface area contributed by atoms with Gasteiger partial charge in [0.25, 0.3) is 0 Å². The van der Waals surface area contributed by atoms with E-state index in [1.54, 1.807) is 13.8 Å². The first-order valence-electron chi connectivity index (χ1n) is 5.59. The molecule has 0 saturated heterocycles. The van der Waals surface area contributed by atoms with Gasteiger partial charge in [-0.15, -0.1) is 0 Å². The topological polar surface area (TPSA) is 46.6 Å². The van der Waals surface area contributed by atoms with Crippen LogP contribution in [0.5, 0.6) is 0 Å². The molecule has 92 valence electrons. The SMILES string of the molecule is CCOC(=O)N(C(C)=O)[C@@H](C)c1ccccc1. The molecule has 4 nitrogen and oxygen atoms in total. The molecule has 0 spiro atoms. The third-order valence-corrected chi connectivity index (χ3v) is 2.47. The molecule has 17 heavy (non-hydrogen) atoms. The molecule has 0 N–H and O–H groups in total. The Morgan fingerprint density at radius 1 is 1.29 bits per heavy atom. The van der Waals surface area contributed by atoms with Crippen LogP contribution in [0.2, 0.25) is 0 Å². The van der Waals surface area contributed by atoms with E-state index in [2.05, 4.69) is 0 Å². The predicted octanol–water partition coefficient (Wildman–Crippen LogP) is 2.75. The van der Waals surface area contributed by atoms with Crippen molar-refractivity contribution in [1.82, 2.24) is 4.90 Å². The lowest BCUT2D eigenvalue weighted by atomic mass is 10.1. The molecule has 1 rings (SSSR count). The number of rotatable bonds is 3. The number of carbonyl (C=O) groups excluding carboxylic acids is 2. The van der Waals surface area contributed by atoms with E-state index in [-0.39, 0.29) is 18.6 Å². The number of amides is 2. The Morgan fingerprint density at radius 3 is 2.35 bits per heavy atom. The fourth-order valence-corrected chi connectivity index (χ4v) is 1.63. The highest BCUT2D eigenvalue weighted by Crippen LogP contribution is 2.20. The molecule has 0 unspecified atom stereocenters. The van der Waals surface area contributed by atoms with Gasteiger partial charge >= 0.3 is 6.09 Å². The van der Waals surface area contributed by atoms with Crippen LogP contribution in [-0.4, -0.2) is 23.5 Å². The molecule has 0 aromatic heterocycles. The Hall–Kier alpha value is -1.84. The van der Waals surface area contributed by atoms with Gasteiger partial charge < -0.3 is 4.74 Å². The molecule has 0 bridgehead atoms. The summed E-state index contributed by atoms with van der Waals surface area (Å²) in [6.45, 7) is 5.12. The highest BCUT2D eigenvalue weighted by atomic mass is 16.6. The highest BCUT2D eigenvalue weighted by molar-refractivity contribution is 5.91. The molecule has 2 amide bonds. The second kappa shape index (κ2) is 6.03. The van der Waals surface area contributed by atoms with Crippen LogP contribution in [0, 0.1) is 0 Å². The molecule has 0 fully saturated rings. The maximum Gasteiger partial charge on any atom is 0.417 e. The van der Waals surface area contributed by atoms with E-state index in [1.807, 2.05) is 30.3 Å². The quantitative estimate of drug-likeness (QED) is 0.809. The largest absolute Gasteiger partial charge is 0.449 e. The first-order valence-corrected chi connectivity index (χ1v) is 5.59. The van der Waals surface area contributed by atoms with Crippen LogP contribution in [0.1, 0.15) is 32.4 Å². The Morgan fingerprint density at radius 2 is 1.88 bits per heavy atom. The van der Waals surface area contributed by atoms with Crippen LogP contribution in [-0.2, 0) is 9.53 Å². The van der Waals surface area contributed by atoms with Gasteiger partial charge in [-0.25, -0.2) is 9.69 Å². The third kappa shape index (κ3) is 3.31. The zero-order valence-electron chi connectivity index (χ0n) is 10.3. The van der Waals surface area contributed by atoms with Gasteiger partial charge in [-0.3, -0.25) is 4.79 Å². The second-order valence-corrected chi connectivity index (χ2v) is 3.67. The van der Waals surface area contributed by atoms with Crippen molar-refractivity contribution in [2.75, 3.05) is 6.61 Å². The van der Waals surface area contributed by atoms with Crippen LogP contribution in [0.3, 0.4) is 0 Å². The predicted molar refractivity (Wildman–Crippen MR) is 64.4 cm³/mol. The van der Waals surface area contributed by atoms with Crippen molar-refractivity contribution in [1.29, 1.82) is 0 Å². The van der Waals surface area contributed by atoms with E-state index in [0.717, 1.165) is 10.5 Å². The molecule has 0 heterocycles. The maximum atomic E-state index is 11.7. The Balaban J connectivity index is 2.92. The molecule has 0 aliphatic carbocycles. The zero-order valence-corrected chi connectivity index (χ0v) is 10.3. The van der Waals surface area contributed by atoms with Crippen LogP contribution < -0.4 is 0 Å². The molecule has 0 aliphatic heterocycles. The van der Waals surface area contributed by atoms with Crippen molar-refractivity contribution in [3.05, 3.63) is 35.9 Å². The summed E-state index contributed by atoms with van der Waals surface area (Å²) in [5, 5.41) is 0. The third-order valence-electron chi connectivity index (χ3n) is 2.47. The van der Waals surface area contributed by atoms with Gasteiger partial charge in [-0.2, -0.15) is 0 Å². The Labute approximate surface area is 101 Å². The van der Waals surface area contributed by atoms with E-state index >= 15 is 0 Å². The van der Waals surface area contributed by atoms with E-state index in [0.29, 0.717) is 0 Å². The summed E-state index contributed by atoms with van der Waals surface area (Å²) in [5.74, 6) is -0.320. The van der Waals surface area contributed by atoms with Crippen molar-refractivity contribution in [3.8, 4) is 0 Å². The average molecular weight is 235 g/mol. The summed E-state index contributed by atoms with van der Waals surface area (Å²) >= 11 is 0. The van der Waals surface area contributed by atoms with Crippen molar-refractivity contribution in [2.24, 2.45) is 0 Å². The summed E-state index contributed by atoms with van der Waals surface area (Å²) in [4.78, 5) is 24.3. The number of hydrogen-bond donors (Lipinski definition) is 0. The summed E-state index contributed by atoms with van der Waals surface area (Å²) in [5.41, 5.74) is 0.899. The molecule has 1 aromatic rings. The van der Waals surface area contributed by atoms with Crippen molar-refractivity contribution >= 4 is 12.0 Å². The van der Waals surface area contributed by atoms with E-state index < -0.39 is 6.09 Å². The Kier molecular flexibility index (Phi) is 4.69. The first-order chi connectivity index (χ1) is 8.07. The molecule has 4 heteroatoms. The van der Waals surface area contributed by atoms with Crippen molar-refractivity contribution < 1.29 is 14.3 Å². The second-order valence-electron chi connectivity index (χ2n) is 3.67. The molecular weight excluding hydrogens is 218 g/mol. The average Bonchev–Trinajstić information content (AvgIpc) is 2.30. The summed E-state index contributed by atoms with van der Waals surface area (Å²) < 4.78 is 4.87. The lowest BCUT2D eigenvalue weighted by molar-refractivity contribution is -0.129. The van der Waals surface area contributed by atoms with Crippen molar-refractivity contribution in [3.63, 3.8) is 0 Å². The van der Waals surface area contributed by atoms with E-state index in [4.69, 9.17) is 4.74 Å². The molecule has 0 aliphatic rings. The summed E-state index contributed by atoms with van der Waals surface area (Å²) in [7, 11) is 0. The van der Waals surface area contributed by atoms with E-state index in [9.17, 15) is 9.59 Å². The monoisotopic (exact) mass is 235 g/mol. The highest BCUT2D eigenvalue weighted by Gasteiger charge is 2.26. The number of imide groups is 1. The standard InChI is InChI=1S/C13H17NO3/c1-4-17-13(16)14(11(3)15)10(2)12-8-6-5-7-9-12/h5-10H,4H2,1-3H3/t10-/m0/s1. The number of nitrogens with zero attached hydrogens (tertiary/aromatic N) is 1. The lowest BCUT2D eigenvalue weighted by Crippen LogP contribution is -2.37. The summed E-state index contributed by atoms with van der Waals surface area (Å²) in [6.07, 6.45) is -0.601. The van der Waals surface area contributed by atoms with Gasteiger partial charge in [0.05, 0.1) is 12.6 Å². The fourth-order valence-electron chi connectivity index (χ4n) is 1.63. The van der Waals surface area contributed by atoms with Crippen LogP contribution >= 0.6 is 0 Å². The maximum absolute atomic E-state index is 11.7. The molecule has 0 saturated carbocycles. The van der Waals surface area contributed by atoms with Gasteiger partial charge in [0, 0.05) is 6.92 Å². The number of ether oxygens (including phenoxy) is 1. The molecule has 0 radical (unpaired) electrons. The molecular formula is C13H17NO3. The number of benzene rings is 1. The van der Waals surface area contributed by atoms with Gasteiger partial charge in [-0.1, -0.05) is 30.3 Å². The number of hydrogen-bond acceptors (Lipinski definition) is 3. The minimum atomic E-state index is -0.601. The van der Waals surface area contributed by atoms with Crippen LogP contribution in [0.25, 0.3) is 0 Å². The Bertz CT molecular complexity index is 389. The first kappa shape index (κ1) is 13.2. The van der Waals surface area contributed by atoms with Gasteiger partial charge in [-0.05, 0) is 19.4 Å². The zero-order chi connectivity index (χ0) is 12.8. The van der Waals surface area contributed by atoms with Gasteiger partial charge in [0.1, 0.15) is 0 Å². The normalized spacial score (nSPS) is 11.7. The summed E-state index contributed by atoms with van der Waals surface area (Å²) in [6, 6.07) is 9.05. The molecule has 1 atom stereocenters. The minimum Gasteiger partial charge on any atom is -0.449 e. The van der Waals surface area contributed by atoms with Gasteiger partial charge in [0.2, 0.25) is 5.91 Å². The van der Waals surface area contributed by atoms with Crippen molar-refractivity contribution in [2.45, 2.75) is 26.8 Å². The number of carbonyl (C=O) groups is 2. The minimum absolute atomic E-state index is 0.254. The van der Waals surface area contributed by atoms with Crippen LogP contribution in [0.4, 0.5) is 4.79 Å². The van der Waals surface area contributed by atoms with Gasteiger partial charge in [0.15, 0.2) is 0 Å². The van der Waals surface area contributed by atoms with Crippen LogP contribution in [0.15, 0.2) is 30.3 Å².